The van der Waals surface area contributed by atoms with Crippen LogP contribution in [0.15, 0.2) is 18.2 Å². The lowest BCUT2D eigenvalue weighted by Gasteiger charge is -2.26. The Labute approximate surface area is 147 Å². The van der Waals surface area contributed by atoms with Crippen LogP contribution in [0.5, 0.6) is 5.75 Å². The lowest BCUT2D eigenvalue weighted by molar-refractivity contribution is -0.123. The van der Waals surface area contributed by atoms with E-state index in [-0.39, 0.29) is 11.9 Å². The fraction of sp³-hybridized carbons (Fsp3) is 0.500. The van der Waals surface area contributed by atoms with Gasteiger partial charge in [0.05, 0.1) is 12.2 Å². The first-order chi connectivity index (χ1) is 12.0. The van der Waals surface area contributed by atoms with Crippen molar-refractivity contribution >= 4 is 11.6 Å². The van der Waals surface area contributed by atoms with Crippen LogP contribution < -0.4 is 15.4 Å². The second-order valence-electron chi connectivity index (χ2n) is 6.31. The van der Waals surface area contributed by atoms with Crippen molar-refractivity contribution in [2.45, 2.75) is 52.3 Å². The number of hydrogen-bond donors (Lipinski definition) is 2. The van der Waals surface area contributed by atoms with Crippen molar-refractivity contribution < 1.29 is 9.53 Å². The first-order valence-corrected chi connectivity index (χ1v) is 8.75. The molecule has 1 aromatic heterocycles. The Hall–Kier alpha value is -2.41. The van der Waals surface area contributed by atoms with Crippen LogP contribution in [0, 0.1) is 0 Å². The molecule has 2 atom stereocenters. The van der Waals surface area contributed by atoms with Crippen LogP contribution in [0.4, 0.5) is 5.69 Å². The number of benzene rings is 1. The third-order valence-corrected chi connectivity index (χ3v) is 4.63. The summed E-state index contributed by atoms with van der Waals surface area (Å²) >= 11 is 0. The molecule has 2 heterocycles. The van der Waals surface area contributed by atoms with E-state index in [2.05, 4.69) is 34.7 Å². The molecule has 0 bridgehead atoms. The molecule has 0 unspecified atom stereocenters. The quantitative estimate of drug-likeness (QED) is 0.841. The highest BCUT2D eigenvalue weighted by molar-refractivity contribution is 5.97. The molecule has 0 fully saturated rings. The molecule has 1 aromatic carbocycles. The van der Waals surface area contributed by atoms with Gasteiger partial charge in [0.1, 0.15) is 17.4 Å². The van der Waals surface area contributed by atoms with Crippen molar-refractivity contribution in [2.75, 3.05) is 5.32 Å². The van der Waals surface area contributed by atoms with Gasteiger partial charge in [-0.25, -0.2) is 0 Å². The van der Waals surface area contributed by atoms with E-state index in [0.717, 1.165) is 35.1 Å². The minimum Gasteiger partial charge on any atom is -0.478 e. The van der Waals surface area contributed by atoms with Gasteiger partial charge >= 0.3 is 0 Å². The zero-order chi connectivity index (χ0) is 18.0. The largest absolute Gasteiger partial charge is 0.478 e. The van der Waals surface area contributed by atoms with Gasteiger partial charge in [0, 0.05) is 19.5 Å². The van der Waals surface area contributed by atoms with Crippen molar-refractivity contribution in [3.8, 4) is 5.75 Å². The molecule has 3 rings (SSSR count). The number of rotatable bonds is 6. The summed E-state index contributed by atoms with van der Waals surface area (Å²) < 4.78 is 7.84. The highest BCUT2D eigenvalue weighted by Crippen LogP contribution is 2.33. The monoisotopic (exact) mass is 343 g/mol. The molecule has 1 aliphatic rings. The molecule has 0 spiro atoms. The predicted octanol–water partition coefficient (Wildman–Crippen LogP) is 2.34. The normalized spacial score (nSPS) is 17.6. The Morgan fingerprint density at radius 1 is 1.32 bits per heavy atom. The molecule has 7 heteroatoms. The Morgan fingerprint density at radius 2 is 2.08 bits per heavy atom. The van der Waals surface area contributed by atoms with Crippen molar-refractivity contribution in [3.63, 3.8) is 0 Å². The number of hydrogen-bond acceptors (Lipinski definition) is 5. The summed E-state index contributed by atoms with van der Waals surface area (Å²) in [5.41, 5.74) is 1.83. The molecule has 2 N–H and O–H groups in total. The second kappa shape index (κ2) is 7.23. The van der Waals surface area contributed by atoms with Gasteiger partial charge < -0.3 is 19.9 Å². The zero-order valence-corrected chi connectivity index (χ0v) is 15.2. The first kappa shape index (κ1) is 17.4. The summed E-state index contributed by atoms with van der Waals surface area (Å²) in [7, 11) is 1.99. The summed E-state index contributed by atoms with van der Waals surface area (Å²) in [4.78, 5) is 11.9. The van der Waals surface area contributed by atoms with Crippen LogP contribution in [0.3, 0.4) is 0 Å². The highest BCUT2D eigenvalue weighted by Gasteiger charge is 2.26. The maximum atomic E-state index is 11.9. The van der Waals surface area contributed by atoms with E-state index in [1.54, 1.807) is 0 Å². The van der Waals surface area contributed by atoms with E-state index >= 15 is 0 Å². The second-order valence-corrected chi connectivity index (χ2v) is 6.31. The number of fused-ring (bicyclic) bond motifs is 1. The minimum absolute atomic E-state index is 0.0806. The summed E-state index contributed by atoms with van der Waals surface area (Å²) in [6.45, 7) is 6.74. The molecule has 0 aliphatic carbocycles. The number of ether oxygens (including phenoxy) is 1. The van der Waals surface area contributed by atoms with Crippen LogP contribution in [0.2, 0.25) is 0 Å². The minimum atomic E-state index is -0.419. The molecule has 1 aliphatic heterocycles. The van der Waals surface area contributed by atoms with Crippen LogP contribution in [-0.2, 0) is 24.8 Å². The maximum absolute atomic E-state index is 11.9. The van der Waals surface area contributed by atoms with Crippen LogP contribution in [-0.4, -0.2) is 26.8 Å². The van der Waals surface area contributed by atoms with Crippen LogP contribution in [0.1, 0.15) is 50.4 Å². The number of aryl methyl sites for hydroxylation is 1. The van der Waals surface area contributed by atoms with Gasteiger partial charge in [0.2, 0.25) is 0 Å². The van der Waals surface area contributed by atoms with Gasteiger partial charge in [0.25, 0.3) is 5.91 Å². The Bertz CT molecular complexity index is 771. The third kappa shape index (κ3) is 3.51. The summed E-state index contributed by atoms with van der Waals surface area (Å²) in [6.07, 6.45) is 1.10. The summed E-state index contributed by atoms with van der Waals surface area (Å²) in [5, 5.41) is 14.8. The highest BCUT2D eigenvalue weighted by atomic mass is 16.5. The van der Waals surface area contributed by atoms with Gasteiger partial charge in [-0.15, -0.1) is 10.2 Å². The Morgan fingerprint density at radius 3 is 2.76 bits per heavy atom. The fourth-order valence-electron chi connectivity index (χ4n) is 2.92. The van der Waals surface area contributed by atoms with Crippen molar-refractivity contribution in [1.29, 1.82) is 0 Å². The lowest BCUT2D eigenvalue weighted by atomic mass is 10.1. The Balaban J connectivity index is 1.69. The number of aromatic nitrogens is 3. The topological polar surface area (TPSA) is 81.1 Å². The first-order valence-electron chi connectivity index (χ1n) is 8.75. The van der Waals surface area contributed by atoms with E-state index in [9.17, 15) is 4.79 Å². The number of carbonyl (C=O) groups excluding carboxylic acids is 1. The Kier molecular flexibility index (Phi) is 5.03. The van der Waals surface area contributed by atoms with Gasteiger partial charge in [-0.2, -0.15) is 0 Å². The van der Waals surface area contributed by atoms with Crippen LogP contribution in [0.25, 0.3) is 0 Å². The lowest BCUT2D eigenvalue weighted by Crippen LogP contribution is -2.36. The molecule has 2 aromatic rings. The number of nitrogens with zero attached hydrogens (tertiary/aromatic N) is 3. The van der Waals surface area contributed by atoms with Gasteiger partial charge in [-0.05, 0) is 31.0 Å². The SMILES string of the molecule is CCc1nnc(CN[C@@H](C)c2ccc3c(c2)O[C@H](CC)C(=O)N3)n1C. The average Bonchev–Trinajstić information content (AvgIpc) is 2.98. The molecule has 0 saturated heterocycles. The molecule has 1 amide bonds. The smallest absolute Gasteiger partial charge is 0.265 e. The molecule has 7 nitrogen and oxygen atoms in total. The summed E-state index contributed by atoms with van der Waals surface area (Å²) in [5.74, 6) is 2.54. The van der Waals surface area contributed by atoms with E-state index < -0.39 is 6.10 Å². The summed E-state index contributed by atoms with van der Waals surface area (Å²) in [6, 6.07) is 6.00. The molecule has 134 valence electrons. The number of nitrogens with one attached hydrogen (secondary N) is 2. The fourth-order valence-corrected chi connectivity index (χ4v) is 2.92. The van der Waals surface area contributed by atoms with E-state index in [4.69, 9.17) is 4.74 Å². The molecule has 0 radical (unpaired) electrons. The third-order valence-electron chi connectivity index (χ3n) is 4.63. The molecule has 25 heavy (non-hydrogen) atoms. The predicted molar refractivity (Wildman–Crippen MR) is 95.4 cm³/mol. The number of amides is 1. The van der Waals surface area contributed by atoms with Crippen molar-refractivity contribution in [2.24, 2.45) is 7.05 Å². The van der Waals surface area contributed by atoms with Crippen molar-refractivity contribution in [1.82, 2.24) is 20.1 Å². The van der Waals surface area contributed by atoms with Gasteiger partial charge in [-0.3, -0.25) is 4.79 Å². The van der Waals surface area contributed by atoms with Gasteiger partial charge in [-0.1, -0.05) is 19.9 Å². The molecular weight excluding hydrogens is 318 g/mol. The number of carbonyl (C=O) groups is 1. The van der Waals surface area contributed by atoms with E-state index in [1.807, 2.05) is 36.7 Å². The zero-order valence-electron chi connectivity index (χ0n) is 15.2. The maximum Gasteiger partial charge on any atom is 0.265 e. The van der Waals surface area contributed by atoms with Gasteiger partial charge in [0.15, 0.2) is 6.10 Å². The van der Waals surface area contributed by atoms with E-state index in [0.29, 0.717) is 13.0 Å². The standard InChI is InChI=1S/C18H25N5O2/c1-5-14-18(24)20-13-8-7-12(9-15(13)25-14)11(3)19-10-17-22-21-16(6-2)23(17)4/h7-9,11,14,19H,5-6,10H2,1-4H3,(H,20,24)/t11-,14+/m0/s1. The number of anilines is 1. The van der Waals surface area contributed by atoms with Crippen molar-refractivity contribution in [3.05, 3.63) is 35.4 Å². The van der Waals surface area contributed by atoms with E-state index in [1.165, 1.54) is 0 Å². The van der Waals surface area contributed by atoms with Crippen LogP contribution >= 0.6 is 0 Å². The average molecular weight is 343 g/mol. The molecular formula is C18H25N5O2. The molecule has 0 saturated carbocycles.